The summed E-state index contributed by atoms with van der Waals surface area (Å²) in [6.07, 6.45) is 4.41. The van der Waals surface area contributed by atoms with Crippen LogP contribution < -0.4 is 4.90 Å². The Bertz CT molecular complexity index is 1070. The van der Waals surface area contributed by atoms with E-state index >= 15 is 0 Å². The Morgan fingerprint density at radius 1 is 0.852 bits per heavy atom. The number of anilines is 2. The van der Waals surface area contributed by atoms with Gasteiger partial charge in [-0.3, -0.25) is 9.97 Å². The lowest BCUT2D eigenvalue weighted by Crippen LogP contribution is -2.13. The lowest BCUT2D eigenvalue weighted by Gasteiger charge is -2.20. The Balaban J connectivity index is 1.61. The summed E-state index contributed by atoms with van der Waals surface area (Å²) in [5.74, 6) is 1.68. The van der Waals surface area contributed by atoms with Crippen LogP contribution in [0.15, 0.2) is 60.9 Å². The van der Waals surface area contributed by atoms with Crippen molar-refractivity contribution in [2.24, 2.45) is 0 Å². The summed E-state index contributed by atoms with van der Waals surface area (Å²) in [7, 11) is 2.04. The van der Waals surface area contributed by atoms with Crippen LogP contribution in [0.5, 0.6) is 0 Å². The molecule has 0 amide bonds. The molecule has 2 heterocycles. The third-order valence-electron chi connectivity index (χ3n) is 4.56. The minimum Gasteiger partial charge on any atom is -0.329 e. The molecular weight excluding hydrogens is 334 g/mol. The van der Waals surface area contributed by atoms with Crippen molar-refractivity contribution in [3.63, 3.8) is 0 Å². The Labute approximate surface area is 158 Å². The molecule has 0 aliphatic rings. The summed E-state index contributed by atoms with van der Waals surface area (Å²) < 4.78 is 0. The van der Waals surface area contributed by atoms with Gasteiger partial charge in [-0.05, 0) is 43.7 Å². The van der Waals surface area contributed by atoms with E-state index in [1.165, 1.54) is 5.56 Å². The number of aryl methyl sites for hydroxylation is 2. The molecule has 0 spiro atoms. The van der Waals surface area contributed by atoms with Crippen molar-refractivity contribution in [2.45, 2.75) is 20.3 Å². The molecule has 0 aliphatic heterocycles. The molecule has 0 unspecified atom stereocenters. The minimum absolute atomic E-state index is 0.769. The predicted molar refractivity (Wildman–Crippen MR) is 108 cm³/mol. The summed E-state index contributed by atoms with van der Waals surface area (Å²) in [5, 5.41) is 1.05. The van der Waals surface area contributed by atoms with E-state index < -0.39 is 0 Å². The number of hydrogen-bond acceptors (Lipinski definition) is 5. The summed E-state index contributed by atoms with van der Waals surface area (Å²) in [4.78, 5) is 20.1. The molecule has 5 nitrogen and oxygen atoms in total. The van der Waals surface area contributed by atoms with Crippen molar-refractivity contribution in [1.82, 2.24) is 19.9 Å². The van der Waals surface area contributed by atoms with Crippen molar-refractivity contribution in [2.75, 3.05) is 11.9 Å². The predicted octanol–water partition coefficient (Wildman–Crippen LogP) is 4.40. The van der Waals surface area contributed by atoms with E-state index in [0.717, 1.165) is 46.0 Å². The highest BCUT2D eigenvalue weighted by Crippen LogP contribution is 2.29. The first-order valence-electron chi connectivity index (χ1n) is 8.94. The molecular formula is C22H21N5. The summed E-state index contributed by atoms with van der Waals surface area (Å²) >= 11 is 0. The highest BCUT2D eigenvalue weighted by atomic mass is 15.2. The molecule has 4 aromatic rings. The molecule has 0 bridgehead atoms. The minimum atomic E-state index is 0.769. The van der Waals surface area contributed by atoms with Crippen molar-refractivity contribution in [3.8, 4) is 0 Å². The summed E-state index contributed by atoms with van der Waals surface area (Å²) in [5.41, 5.74) is 5.15. The number of hydrogen-bond donors (Lipinski definition) is 0. The van der Waals surface area contributed by atoms with Gasteiger partial charge < -0.3 is 4.90 Å². The standard InChI is InChI=1S/C22H21N5/c1-15-13-24-18(14-23-15)12-17-8-10-19(11-9-17)27(3)22-20-6-4-5-7-21(20)25-16(2)26-22/h4-11,13-14H,12H2,1-3H3. The number of nitrogens with zero attached hydrogens (tertiary/aromatic N) is 5. The van der Waals surface area contributed by atoms with Crippen molar-refractivity contribution >= 4 is 22.4 Å². The van der Waals surface area contributed by atoms with Gasteiger partial charge in [-0.25, -0.2) is 9.97 Å². The highest BCUT2D eigenvalue weighted by molar-refractivity contribution is 5.91. The SMILES string of the molecule is Cc1cnc(Cc2ccc(N(C)c3nc(C)nc4ccccc34)cc2)cn1. The number of aromatic nitrogens is 4. The molecule has 0 saturated heterocycles. The molecule has 2 aromatic heterocycles. The first kappa shape index (κ1) is 17.1. The van der Waals surface area contributed by atoms with Crippen LogP contribution >= 0.6 is 0 Å². The maximum Gasteiger partial charge on any atom is 0.144 e. The van der Waals surface area contributed by atoms with Gasteiger partial charge in [0.2, 0.25) is 0 Å². The lowest BCUT2D eigenvalue weighted by atomic mass is 10.1. The van der Waals surface area contributed by atoms with Gasteiger partial charge in [-0.2, -0.15) is 0 Å². The topological polar surface area (TPSA) is 54.8 Å². The number of rotatable bonds is 4. The Kier molecular flexibility index (Phi) is 4.50. The number of fused-ring (bicyclic) bond motifs is 1. The molecule has 5 heteroatoms. The van der Waals surface area contributed by atoms with Crippen LogP contribution in [0.2, 0.25) is 0 Å². The Morgan fingerprint density at radius 2 is 1.63 bits per heavy atom. The second-order valence-electron chi connectivity index (χ2n) is 6.66. The second-order valence-corrected chi connectivity index (χ2v) is 6.66. The maximum atomic E-state index is 4.67. The maximum absolute atomic E-state index is 4.67. The van der Waals surface area contributed by atoms with E-state index in [0.29, 0.717) is 0 Å². The smallest absolute Gasteiger partial charge is 0.144 e. The van der Waals surface area contributed by atoms with E-state index in [-0.39, 0.29) is 0 Å². The molecule has 0 saturated carbocycles. The summed E-state index contributed by atoms with van der Waals surface area (Å²) in [6.45, 7) is 3.87. The monoisotopic (exact) mass is 355 g/mol. The van der Waals surface area contributed by atoms with Gasteiger partial charge in [0.25, 0.3) is 0 Å². The molecule has 2 aromatic carbocycles. The van der Waals surface area contributed by atoms with Gasteiger partial charge in [0, 0.05) is 36.9 Å². The van der Waals surface area contributed by atoms with Gasteiger partial charge in [0.1, 0.15) is 11.6 Å². The molecule has 134 valence electrons. The largest absolute Gasteiger partial charge is 0.329 e. The molecule has 0 fully saturated rings. The van der Waals surface area contributed by atoms with Gasteiger partial charge in [-0.1, -0.05) is 24.3 Å². The van der Waals surface area contributed by atoms with Crippen molar-refractivity contribution in [3.05, 3.63) is 83.7 Å². The third kappa shape index (κ3) is 3.62. The van der Waals surface area contributed by atoms with Crippen LogP contribution in [0.4, 0.5) is 11.5 Å². The Hall–Kier alpha value is -3.34. The van der Waals surface area contributed by atoms with Crippen LogP contribution in [0.3, 0.4) is 0 Å². The molecule has 0 radical (unpaired) electrons. The lowest BCUT2D eigenvalue weighted by molar-refractivity contribution is 1.000. The van der Waals surface area contributed by atoms with E-state index in [9.17, 15) is 0 Å². The van der Waals surface area contributed by atoms with E-state index in [4.69, 9.17) is 0 Å². The quantitative estimate of drug-likeness (QED) is 0.543. The number of benzene rings is 2. The van der Waals surface area contributed by atoms with Crippen molar-refractivity contribution < 1.29 is 0 Å². The van der Waals surface area contributed by atoms with Gasteiger partial charge in [0.15, 0.2) is 0 Å². The molecule has 0 N–H and O–H groups in total. The normalized spacial score (nSPS) is 10.9. The zero-order chi connectivity index (χ0) is 18.8. The first-order chi connectivity index (χ1) is 13.1. The summed E-state index contributed by atoms with van der Waals surface area (Å²) in [6, 6.07) is 16.6. The fourth-order valence-electron chi connectivity index (χ4n) is 3.11. The van der Waals surface area contributed by atoms with E-state index in [1.807, 2.05) is 45.3 Å². The second kappa shape index (κ2) is 7.11. The van der Waals surface area contributed by atoms with Crippen molar-refractivity contribution in [1.29, 1.82) is 0 Å². The Morgan fingerprint density at radius 3 is 2.37 bits per heavy atom. The molecule has 0 atom stereocenters. The third-order valence-corrected chi connectivity index (χ3v) is 4.56. The average molecular weight is 355 g/mol. The van der Waals surface area contributed by atoms with Crippen LogP contribution in [-0.4, -0.2) is 27.0 Å². The van der Waals surface area contributed by atoms with Crippen LogP contribution in [0.1, 0.15) is 22.8 Å². The fraction of sp³-hybridized carbons (Fsp3) is 0.182. The first-order valence-corrected chi connectivity index (χ1v) is 8.94. The van der Waals surface area contributed by atoms with Crippen LogP contribution in [0.25, 0.3) is 10.9 Å². The zero-order valence-corrected chi connectivity index (χ0v) is 15.7. The van der Waals surface area contributed by atoms with E-state index in [1.54, 1.807) is 6.20 Å². The average Bonchev–Trinajstić information content (AvgIpc) is 2.69. The highest BCUT2D eigenvalue weighted by Gasteiger charge is 2.12. The fourth-order valence-corrected chi connectivity index (χ4v) is 3.11. The molecule has 4 rings (SSSR count). The van der Waals surface area contributed by atoms with Gasteiger partial charge in [-0.15, -0.1) is 0 Å². The van der Waals surface area contributed by atoms with Gasteiger partial charge >= 0.3 is 0 Å². The van der Waals surface area contributed by atoms with Crippen LogP contribution in [0, 0.1) is 13.8 Å². The van der Waals surface area contributed by atoms with Crippen LogP contribution in [-0.2, 0) is 6.42 Å². The van der Waals surface area contributed by atoms with E-state index in [2.05, 4.69) is 55.2 Å². The molecule has 0 aliphatic carbocycles. The van der Waals surface area contributed by atoms with Gasteiger partial charge in [0.05, 0.1) is 16.9 Å². The molecule has 27 heavy (non-hydrogen) atoms. The number of para-hydroxylation sites is 1. The zero-order valence-electron chi connectivity index (χ0n) is 15.7.